The Kier molecular flexibility index (Phi) is 4.70. The van der Waals surface area contributed by atoms with Crippen molar-refractivity contribution in [3.8, 4) is 0 Å². The van der Waals surface area contributed by atoms with Crippen molar-refractivity contribution in [3.05, 3.63) is 52.6 Å². The van der Waals surface area contributed by atoms with Gasteiger partial charge < -0.3 is 0 Å². The molecule has 3 aromatic rings. The quantitative estimate of drug-likeness (QED) is 0.696. The molecule has 23 heavy (non-hydrogen) atoms. The van der Waals surface area contributed by atoms with Crippen molar-refractivity contribution in [1.29, 1.82) is 0 Å². The summed E-state index contributed by atoms with van der Waals surface area (Å²) in [7, 11) is -3.57. The van der Waals surface area contributed by atoms with Gasteiger partial charge in [0.1, 0.15) is 4.90 Å². The van der Waals surface area contributed by atoms with Crippen LogP contribution in [-0.4, -0.2) is 24.9 Å². The Labute approximate surface area is 139 Å². The Morgan fingerprint density at radius 2 is 2.04 bits per heavy atom. The standard InChI is InChI=1S/C16H17N3O2S2/c1-12-11-22-15(19-12)8-4-10-18-23(20,21)14-7-2-5-13-6-3-9-17-16(13)14/h2-3,5-7,9,11,18H,4,8,10H2,1H3. The maximum Gasteiger partial charge on any atom is 0.242 e. The van der Waals surface area contributed by atoms with E-state index in [4.69, 9.17) is 0 Å². The van der Waals surface area contributed by atoms with Crippen LogP contribution in [0.4, 0.5) is 0 Å². The number of hydrogen-bond donors (Lipinski definition) is 1. The van der Waals surface area contributed by atoms with E-state index in [0.717, 1.165) is 22.5 Å². The predicted molar refractivity (Wildman–Crippen MR) is 92.1 cm³/mol. The molecule has 0 spiro atoms. The van der Waals surface area contributed by atoms with Crippen molar-refractivity contribution in [3.63, 3.8) is 0 Å². The molecule has 5 nitrogen and oxygen atoms in total. The lowest BCUT2D eigenvalue weighted by Gasteiger charge is -2.08. The molecule has 7 heteroatoms. The van der Waals surface area contributed by atoms with Gasteiger partial charge in [-0.1, -0.05) is 18.2 Å². The van der Waals surface area contributed by atoms with Gasteiger partial charge in [0, 0.05) is 35.6 Å². The van der Waals surface area contributed by atoms with E-state index in [9.17, 15) is 8.42 Å². The average Bonchev–Trinajstić information content (AvgIpc) is 2.96. The first-order valence-corrected chi connectivity index (χ1v) is 9.67. The van der Waals surface area contributed by atoms with Crippen LogP contribution in [0.2, 0.25) is 0 Å². The van der Waals surface area contributed by atoms with Crippen LogP contribution in [0.1, 0.15) is 17.1 Å². The van der Waals surface area contributed by atoms with E-state index in [0.29, 0.717) is 18.5 Å². The first-order valence-electron chi connectivity index (χ1n) is 7.31. The molecule has 3 rings (SSSR count). The number of nitrogens with one attached hydrogen (secondary N) is 1. The fourth-order valence-electron chi connectivity index (χ4n) is 2.33. The summed E-state index contributed by atoms with van der Waals surface area (Å²) in [5.41, 5.74) is 1.51. The molecule has 0 atom stereocenters. The lowest BCUT2D eigenvalue weighted by molar-refractivity contribution is 0.579. The minimum Gasteiger partial charge on any atom is -0.255 e. The van der Waals surface area contributed by atoms with Crippen LogP contribution in [0, 0.1) is 6.92 Å². The highest BCUT2D eigenvalue weighted by atomic mass is 32.2. The first kappa shape index (κ1) is 16.0. The molecule has 0 bridgehead atoms. The van der Waals surface area contributed by atoms with Gasteiger partial charge in [-0.2, -0.15) is 0 Å². The maximum atomic E-state index is 12.5. The van der Waals surface area contributed by atoms with Crippen molar-refractivity contribution in [2.75, 3.05) is 6.54 Å². The van der Waals surface area contributed by atoms with Crippen molar-refractivity contribution >= 4 is 32.3 Å². The van der Waals surface area contributed by atoms with Crippen molar-refractivity contribution in [2.24, 2.45) is 0 Å². The SMILES string of the molecule is Cc1csc(CCCNS(=O)(=O)c2cccc3cccnc23)n1. The number of benzene rings is 1. The van der Waals surface area contributed by atoms with E-state index in [-0.39, 0.29) is 4.90 Å². The number of rotatable bonds is 6. The molecular weight excluding hydrogens is 330 g/mol. The second-order valence-electron chi connectivity index (χ2n) is 5.22. The molecule has 1 N–H and O–H groups in total. The van der Waals surface area contributed by atoms with E-state index in [1.165, 1.54) is 0 Å². The molecule has 2 aromatic heterocycles. The topological polar surface area (TPSA) is 72.0 Å². The van der Waals surface area contributed by atoms with Crippen molar-refractivity contribution < 1.29 is 8.42 Å². The molecule has 0 fully saturated rings. The summed E-state index contributed by atoms with van der Waals surface area (Å²) in [4.78, 5) is 8.80. The fraction of sp³-hybridized carbons (Fsp3) is 0.250. The molecule has 0 saturated heterocycles. The number of fused-ring (bicyclic) bond motifs is 1. The van der Waals surface area contributed by atoms with Crippen LogP contribution in [0.5, 0.6) is 0 Å². The summed E-state index contributed by atoms with van der Waals surface area (Å²) >= 11 is 1.61. The van der Waals surface area contributed by atoms with Crippen LogP contribution in [0.3, 0.4) is 0 Å². The van der Waals surface area contributed by atoms with E-state index in [2.05, 4.69) is 14.7 Å². The van der Waals surface area contributed by atoms with Gasteiger partial charge in [-0.15, -0.1) is 11.3 Å². The number of sulfonamides is 1. The third-order valence-corrected chi connectivity index (χ3v) is 5.93. The molecule has 0 radical (unpaired) electrons. The first-order chi connectivity index (χ1) is 11.1. The zero-order valence-electron chi connectivity index (χ0n) is 12.7. The summed E-state index contributed by atoms with van der Waals surface area (Å²) in [5, 5.41) is 3.85. The summed E-state index contributed by atoms with van der Waals surface area (Å²) in [6, 6.07) is 8.82. The van der Waals surface area contributed by atoms with Crippen molar-refractivity contribution in [1.82, 2.24) is 14.7 Å². The van der Waals surface area contributed by atoms with Gasteiger partial charge in [0.2, 0.25) is 10.0 Å². The highest BCUT2D eigenvalue weighted by molar-refractivity contribution is 7.89. The number of pyridine rings is 1. The number of nitrogens with zero attached hydrogens (tertiary/aromatic N) is 2. The Hall–Kier alpha value is -1.83. The van der Waals surface area contributed by atoms with E-state index >= 15 is 0 Å². The highest BCUT2D eigenvalue weighted by Crippen LogP contribution is 2.20. The van der Waals surface area contributed by atoms with E-state index in [1.807, 2.05) is 24.4 Å². The zero-order chi connectivity index (χ0) is 16.3. The molecule has 2 heterocycles. The van der Waals surface area contributed by atoms with E-state index in [1.54, 1.807) is 35.7 Å². The lowest BCUT2D eigenvalue weighted by Crippen LogP contribution is -2.25. The Morgan fingerprint density at radius 1 is 1.22 bits per heavy atom. The molecular formula is C16H17N3O2S2. The highest BCUT2D eigenvalue weighted by Gasteiger charge is 2.17. The second kappa shape index (κ2) is 6.74. The molecule has 0 aliphatic heterocycles. The minimum absolute atomic E-state index is 0.223. The van der Waals surface area contributed by atoms with Gasteiger partial charge in [-0.3, -0.25) is 4.98 Å². The molecule has 120 valence electrons. The van der Waals surface area contributed by atoms with Crippen LogP contribution >= 0.6 is 11.3 Å². The Bertz CT molecular complexity index is 914. The number of thiazole rings is 1. The summed E-state index contributed by atoms with van der Waals surface area (Å²) in [6.45, 7) is 2.33. The van der Waals surface area contributed by atoms with Gasteiger partial charge in [-0.25, -0.2) is 18.1 Å². The van der Waals surface area contributed by atoms with E-state index < -0.39 is 10.0 Å². The molecule has 0 amide bonds. The molecule has 0 unspecified atom stereocenters. The fourth-order valence-corrected chi connectivity index (χ4v) is 4.40. The van der Waals surface area contributed by atoms with Crippen LogP contribution < -0.4 is 4.72 Å². The number of para-hydroxylation sites is 1. The molecule has 0 aliphatic rings. The third-order valence-electron chi connectivity index (χ3n) is 3.41. The second-order valence-corrected chi connectivity index (χ2v) is 7.89. The number of aryl methyl sites for hydroxylation is 2. The summed E-state index contributed by atoms with van der Waals surface area (Å²) < 4.78 is 27.6. The van der Waals surface area contributed by atoms with Crippen LogP contribution in [0.15, 0.2) is 46.8 Å². The maximum absolute atomic E-state index is 12.5. The Balaban J connectivity index is 1.68. The molecule has 0 aliphatic carbocycles. The zero-order valence-corrected chi connectivity index (χ0v) is 14.3. The van der Waals surface area contributed by atoms with Gasteiger partial charge in [0.05, 0.1) is 10.5 Å². The number of hydrogen-bond acceptors (Lipinski definition) is 5. The summed E-state index contributed by atoms with van der Waals surface area (Å²) in [6.07, 6.45) is 3.09. The van der Waals surface area contributed by atoms with Crippen LogP contribution in [-0.2, 0) is 16.4 Å². The van der Waals surface area contributed by atoms with Gasteiger partial charge in [0.15, 0.2) is 0 Å². The largest absolute Gasteiger partial charge is 0.255 e. The molecule has 0 saturated carbocycles. The van der Waals surface area contributed by atoms with Crippen molar-refractivity contribution in [2.45, 2.75) is 24.7 Å². The molecule has 1 aromatic carbocycles. The number of aromatic nitrogens is 2. The predicted octanol–water partition coefficient (Wildman–Crippen LogP) is 2.91. The summed E-state index contributed by atoms with van der Waals surface area (Å²) in [5.74, 6) is 0. The monoisotopic (exact) mass is 347 g/mol. The smallest absolute Gasteiger partial charge is 0.242 e. The van der Waals surface area contributed by atoms with Gasteiger partial charge >= 0.3 is 0 Å². The lowest BCUT2D eigenvalue weighted by atomic mass is 10.2. The van der Waals surface area contributed by atoms with Crippen LogP contribution in [0.25, 0.3) is 10.9 Å². The Morgan fingerprint density at radius 3 is 2.83 bits per heavy atom. The van der Waals surface area contributed by atoms with Gasteiger partial charge in [-0.05, 0) is 25.5 Å². The normalized spacial score (nSPS) is 11.9. The average molecular weight is 347 g/mol. The van der Waals surface area contributed by atoms with Gasteiger partial charge in [0.25, 0.3) is 0 Å². The third kappa shape index (κ3) is 3.74. The minimum atomic E-state index is -3.57.